The van der Waals surface area contributed by atoms with E-state index in [9.17, 15) is 19.5 Å². The third-order valence-electron chi connectivity index (χ3n) is 5.94. The van der Waals surface area contributed by atoms with Gasteiger partial charge in [0.1, 0.15) is 17.3 Å². The first kappa shape index (κ1) is 25.5. The van der Waals surface area contributed by atoms with Gasteiger partial charge in [-0.1, -0.05) is 19.1 Å². The highest BCUT2D eigenvalue weighted by molar-refractivity contribution is 6.51. The van der Waals surface area contributed by atoms with Gasteiger partial charge in [-0.05, 0) is 72.6 Å². The van der Waals surface area contributed by atoms with Gasteiger partial charge in [-0.25, -0.2) is 0 Å². The van der Waals surface area contributed by atoms with Crippen LogP contribution in [0.3, 0.4) is 0 Å². The molecule has 1 aliphatic rings. The van der Waals surface area contributed by atoms with E-state index in [0.29, 0.717) is 40.6 Å². The number of aliphatic hydroxyl groups excluding tert-OH is 1. The first-order valence-electron chi connectivity index (χ1n) is 11.9. The molecule has 0 radical (unpaired) electrons. The Labute approximate surface area is 215 Å². The number of nitrogens with one attached hydrogen (secondary N) is 1. The van der Waals surface area contributed by atoms with Crippen molar-refractivity contribution in [2.75, 3.05) is 23.9 Å². The van der Waals surface area contributed by atoms with Crippen LogP contribution in [0.2, 0.25) is 0 Å². The van der Waals surface area contributed by atoms with Crippen LogP contribution in [0.15, 0.2) is 78.4 Å². The number of benzene rings is 3. The predicted octanol–water partition coefficient (Wildman–Crippen LogP) is 5.07. The van der Waals surface area contributed by atoms with Gasteiger partial charge in [0.2, 0.25) is 5.91 Å². The van der Waals surface area contributed by atoms with Gasteiger partial charge in [0, 0.05) is 23.9 Å². The summed E-state index contributed by atoms with van der Waals surface area (Å²) in [6.07, 6.45) is 0.860. The zero-order chi connectivity index (χ0) is 26.5. The number of ether oxygens (including phenoxy) is 2. The summed E-state index contributed by atoms with van der Waals surface area (Å²) >= 11 is 0. The van der Waals surface area contributed by atoms with Crippen molar-refractivity contribution >= 4 is 34.7 Å². The summed E-state index contributed by atoms with van der Waals surface area (Å²) < 4.78 is 10.9. The number of carbonyl (C=O) groups excluding carboxylic acids is 3. The summed E-state index contributed by atoms with van der Waals surface area (Å²) in [4.78, 5) is 39.4. The largest absolute Gasteiger partial charge is 0.507 e. The van der Waals surface area contributed by atoms with Crippen molar-refractivity contribution < 1.29 is 29.0 Å². The molecule has 8 heteroatoms. The molecule has 2 amide bonds. The molecule has 8 nitrogen and oxygen atoms in total. The second-order valence-electron chi connectivity index (χ2n) is 8.54. The van der Waals surface area contributed by atoms with E-state index in [4.69, 9.17) is 9.47 Å². The number of anilines is 2. The number of methoxy groups -OCH3 is 1. The highest BCUT2D eigenvalue weighted by Gasteiger charge is 2.47. The molecule has 2 N–H and O–H groups in total. The summed E-state index contributed by atoms with van der Waals surface area (Å²) in [5.74, 6) is -0.808. The summed E-state index contributed by atoms with van der Waals surface area (Å²) in [6.45, 7) is 3.97. The van der Waals surface area contributed by atoms with Gasteiger partial charge in [0.15, 0.2) is 0 Å². The average molecular weight is 501 g/mol. The number of carbonyl (C=O) groups is 3. The molecule has 1 saturated heterocycles. The Morgan fingerprint density at radius 3 is 2.14 bits per heavy atom. The molecule has 3 aromatic rings. The van der Waals surface area contributed by atoms with Crippen LogP contribution >= 0.6 is 0 Å². The summed E-state index contributed by atoms with van der Waals surface area (Å²) in [5.41, 5.74) is 1.98. The predicted molar refractivity (Wildman–Crippen MR) is 141 cm³/mol. The van der Waals surface area contributed by atoms with Gasteiger partial charge in [0.05, 0.1) is 25.3 Å². The number of aliphatic hydroxyl groups is 1. The molecule has 0 spiro atoms. The number of hydrogen-bond donors (Lipinski definition) is 2. The van der Waals surface area contributed by atoms with Crippen LogP contribution in [-0.2, 0) is 14.4 Å². The van der Waals surface area contributed by atoms with Crippen LogP contribution in [0.1, 0.15) is 37.4 Å². The molecule has 4 rings (SSSR count). The monoisotopic (exact) mass is 500 g/mol. The van der Waals surface area contributed by atoms with Crippen LogP contribution in [0.4, 0.5) is 11.4 Å². The second kappa shape index (κ2) is 11.0. The first-order chi connectivity index (χ1) is 17.8. The highest BCUT2D eigenvalue weighted by atomic mass is 16.5. The lowest BCUT2D eigenvalue weighted by molar-refractivity contribution is -0.132. The van der Waals surface area contributed by atoms with E-state index in [-0.39, 0.29) is 17.2 Å². The minimum absolute atomic E-state index is 0.0247. The number of hydrogen-bond acceptors (Lipinski definition) is 6. The van der Waals surface area contributed by atoms with Crippen molar-refractivity contribution in [3.8, 4) is 11.5 Å². The van der Waals surface area contributed by atoms with Crippen molar-refractivity contribution in [3.05, 3.63) is 89.5 Å². The van der Waals surface area contributed by atoms with Crippen LogP contribution in [0.5, 0.6) is 11.5 Å². The van der Waals surface area contributed by atoms with E-state index >= 15 is 0 Å². The molecule has 0 saturated carbocycles. The third kappa shape index (κ3) is 5.33. The lowest BCUT2D eigenvalue weighted by Crippen LogP contribution is -2.29. The maximum Gasteiger partial charge on any atom is 0.300 e. The Balaban J connectivity index is 1.81. The fourth-order valence-electron chi connectivity index (χ4n) is 4.19. The number of nitrogens with zero attached hydrogens (tertiary/aromatic N) is 1. The molecule has 1 unspecified atom stereocenters. The topological polar surface area (TPSA) is 105 Å². The molecule has 3 aromatic carbocycles. The van der Waals surface area contributed by atoms with Crippen LogP contribution in [0.25, 0.3) is 5.76 Å². The zero-order valence-electron chi connectivity index (χ0n) is 20.9. The van der Waals surface area contributed by atoms with Crippen LogP contribution in [-0.4, -0.2) is 36.4 Å². The van der Waals surface area contributed by atoms with Gasteiger partial charge in [-0.3, -0.25) is 19.3 Å². The number of ketones is 1. The summed E-state index contributed by atoms with van der Waals surface area (Å²) in [6, 6.07) is 19.4. The quantitative estimate of drug-likeness (QED) is 0.254. The van der Waals surface area contributed by atoms with E-state index in [1.165, 1.54) is 11.8 Å². The molecule has 1 fully saturated rings. The van der Waals surface area contributed by atoms with Crippen molar-refractivity contribution in [2.45, 2.75) is 26.3 Å². The maximum absolute atomic E-state index is 13.3. The normalized spacial score (nSPS) is 16.5. The Bertz CT molecular complexity index is 1330. The van der Waals surface area contributed by atoms with Gasteiger partial charge in [-0.2, -0.15) is 0 Å². The molecule has 1 atom stereocenters. The molecule has 0 aliphatic carbocycles. The molecular formula is C29H28N2O6. The van der Waals surface area contributed by atoms with E-state index in [1.807, 2.05) is 6.92 Å². The number of Topliss-reactive ketones (excluding diaryl/α,β-unsaturated/α-hetero) is 1. The third-order valence-corrected chi connectivity index (χ3v) is 5.94. The molecule has 1 aliphatic heterocycles. The fourth-order valence-corrected chi connectivity index (χ4v) is 4.19. The van der Waals surface area contributed by atoms with Gasteiger partial charge in [0.25, 0.3) is 11.7 Å². The second-order valence-corrected chi connectivity index (χ2v) is 8.54. The van der Waals surface area contributed by atoms with E-state index in [1.54, 1.807) is 79.9 Å². The zero-order valence-corrected chi connectivity index (χ0v) is 20.9. The number of rotatable bonds is 8. The molecule has 0 aromatic heterocycles. The summed E-state index contributed by atoms with van der Waals surface area (Å²) in [5, 5.41) is 14.0. The van der Waals surface area contributed by atoms with E-state index < -0.39 is 17.7 Å². The van der Waals surface area contributed by atoms with Crippen molar-refractivity contribution in [2.24, 2.45) is 0 Å². The Hall–Kier alpha value is -4.59. The average Bonchev–Trinajstić information content (AvgIpc) is 3.17. The van der Waals surface area contributed by atoms with Gasteiger partial charge >= 0.3 is 0 Å². The molecule has 37 heavy (non-hydrogen) atoms. The van der Waals surface area contributed by atoms with Gasteiger partial charge < -0.3 is 19.9 Å². The van der Waals surface area contributed by atoms with E-state index in [2.05, 4.69) is 5.32 Å². The minimum Gasteiger partial charge on any atom is -0.507 e. The van der Waals surface area contributed by atoms with Crippen molar-refractivity contribution in [1.82, 2.24) is 0 Å². The molecule has 190 valence electrons. The smallest absolute Gasteiger partial charge is 0.300 e. The molecular weight excluding hydrogens is 472 g/mol. The maximum atomic E-state index is 13.3. The molecule has 1 heterocycles. The number of amides is 2. The van der Waals surface area contributed by atoms with Crippen molar-refractivity contribution in [1.29, 1.82) is 0 Å². The Morgan fingerprint density at radius 2 is 1.57 bits per heavy atom. The van der Waals surface area contributed by atoms with Gasteiger partial charge in [-0.15, -0.1) is 0 Å². The SMILES string of the molecule is CCCOc1ccc(/C(O)=C2\C(=O)C(=O)N(c3ccc(NC(C)=O)cc3)C2c2ccc(OC)cc2)cc1. The molecule has 0 bridgehead atoms. The lowest BCUT2D eigenvalue weighted by Gasteiger charge is -2.25. The Morgan fingerprint density at radius 1 is 0.946 bits per heavy atom. The Kier molecular flexibility index (Phi) is 7.57. The van der Waals surface area contributed by atoms with Crippen LogP contribution in [0, 0.1) is 0 Å². The van der Waals surface area contributed by atoms with E-state index in [0.717, 1.165) is 6.42 Å². The lowest BCUT2D eigenvalue weighted by atomic mass is 9.95. The minimum atomic E-state index is -0.881. The highest BCUT2D eigenvalue weighted by Crippen LogP contribution is 2.42. The standard InChI is InChI=1S/C29H28N2O6/c1-4-17-37-24-15-7-20(8-16-24)27(33)25-26(19-5-13-23(36-3)14-6-19)31(29(35)28(25)34)22-11-9-21(10-12-22)30-18(2)32/h5-16,26,33H,4,17H2,1-3H3,(H,30,32)/b27-25+. The fraction of sp³-hybridized carbons (Fsp3) is 0.207. The summed E-state index contributed by atoms with van der Waals surface area (Å²) in [7, 11) is 1.55. The van der Waals surface area contributed by atoms with Crippen LogP contribution < -0.4 is 19.7 Å². The first-order valence-corrected chi connectivity index (χ1v) is 11.9. The van der Waals surface area contributed by atoms with Crippen molar-refractivity contribution in [3.63, 3.8) is 0 Å².